The van der Waals surface area contributed by atoms with E-state index in [4.69, 9.17) is 14.5 Å². The topological polar surface area (TPSA) is 110 Å². The molecule has 2 N–H and O–H groups in total. The van der Waals surface area contributed by atoms with Gasteiger partial charge in [-0.05, 0) is 25.1 Å². The molecule has 0 bridgehead atoms. The summed E-state index contributed by atoms with van der Waals surface area (Å²) in [6, 6.07) is 4.73. The third kappa shape index (κ3) is 3.35. The molecule has 150 valence electrons. The summed E-state index contributed by atoms with van der Waals surface area (Å²) in [5.74, 6) is -1.18. The molecule has 0 fully saturated rings. The molecule has 0 aliphatic carbocycles. The average molecular weight is 420 g/mol. The number of rotatable bonds is 4. The van der Waals surface area contributed by atoms with Crippen molar-refractivity contribution in [2.45, 2.75) is 13.5 Å². The lowest BCUT2D eigenvalue weighted by Gasteiger charge is -2.12. The van der Waals surface area contributed by atoms with Crippen molar-refractivity contribution < 1.29 is 27.9 Å². The van der Waals surface area contributed by atoms with Gasteiger partial charge in [0.05, 0.1) is 25.4 Å². The van der Waals surface area contributed by atoms with Crippen molar-refractivity contribution >= 4 is 35.0 Å². The van der Waals surface area contributed by atoms with E-state index in [0.717, 1.165) is 6.07 Å². The Morgan fingerprint density at radius 3 is 2.62 bits per heavy atom. The molecule has 0 saturated carbocycles. The maximum atomic E-state index is 14.5. The first-order valence-corrected chi connectivity index (χ1v) is 10.0. The van der Waals surface area contributed by atoms with Gasteiger partial charge in [-0.2, -0.15) is 4.98 Å². The first kappa shape index (κ1) is 19.4. The largest absolute Gasteiger partial charge is 0.481 e. The summed E-state index contributed by atoms with van der Waals surface area (Å²) in [6.07, 6.45) is 1.53. The summed E-state index contributed by atoms with van der Waals surface area (Å²) in [5, 5.41) is -0.325. The normalized spacial score (nSPS) is 12.1. The number of ether oxygens (including phenoxy) is 1. The van der Waals surface area contributed by atoms with Crippen molar-refractivity contribution in [1.82, 2.24) is 19.5 Å². The van der Waals surface area contributed by atoms with Crippen molar-refractivity contribution in [2.75, 3.05) is 7.11 Å². The van der Waals surface area contributed by atoms with Gasteiger partial charge in [0.2, 0.25) is 5.88 Å². The van der Waals surface area contributed by atoms with Gasteiger partial charge in [0.1, 0.15) is 28.3 Å². The second-order valence-corrected chi connectivity index (χ2v) is 7.97. The third-order valence-electron chi connectivity index (χ3n) is 4.57. The molecule has 3 aromatic heterocycles. The van der Waals surface area contributed by atoms with E-state index in [1.807, 2.05) is 0 Å². The molecule has 0 radical (unpaired) electrons. The Labute approximate surface area is 163 Å². The van der Waals surface area contributed by atoms with Gasteiger partial charge in [0, 0.05) is 17.0 Å². The molecule has 1 aromatic carbocycles. The summed E-state index contributed by atoms with van der Waals surface area (Å²) >= 11 is 0. The zero-order valence-corrected chi connectivity index (χ0v) is 16.2. The van der Waals surface area contributed by atoms with Crippen molar-refractivity contribution in [2.24, 2.45) is 0 Å². The van der Waals surface area contributed by atoms with E-state index >= 15 is 0 Å². The van der Waals surface area contributed by atoms with E-state index in [1.165, 1.54) is 13.3 Å². The van der Waals surface area contributed by atoms with Crippen molar-refractivity contribution in [1.29, 1.82) is 0 Å². The lowest BCUT2D eigenvalue weighted by molar-refractivity contribution is 0.385. The van der Waals surface area contributed by atoms with Gasteiger partial charge in [0.25, 0.3) is 0 Å². The highest BCUT2D eigenvalue weighted by molar-refractivity contribution is 7.60. The predicted molar refractivity (Wildman–Crippen MR) is 101 cm³/mol. The fourth-order valence-electron chi connectivity index (χ4n) is 3.20. The van der Waals surface area contributed by atoms with Gasteiger partial charge in [-0.1, -0.05) is 0 Å². The van der Waals surface area contributed by atoms with Gasteiger partial charge in [0.15, 0.2) is 5.65 Å². The third-order valence-corrected chi connectivity index (χ3v) is 5.54. The van der Waals surface area contributed by atoms with E-state index in [9.17, 15) is 13.3 Å². The van der Waals surface area contributed by atoms with Crippen LogP contribution in [0.2, 0.25) is 0 Å². The molecule has 29 heavy (non-hydrogen) atoms. The van der Waals surface area contributed by atoms with Crippen LogP contribution in [0.4, 0.5) is 8.78 Å². The number of pyridine rings is 2. The number of aromatic nitrogens is 4. The highest BCUT2D eigenvalue weighted by Gasteiger charge is 2.25. The molecule has 3 heterocycles. The fraction of sp³-hybridized carbons (Fsp3) is 0.167. The van der Waals surface area contributed by atoms with Crippen LogP contribution in [0.15, 0.2) is 30.5 Å². The maximum Gasteiger partial charge on any atom is 0.359 e. The standard InChI is InChI=1S/C18H15F2N4O4P/c1-9-22-14-7-21-18-11(3-4-16(23-18)28-2)17(14)24(9)8-10-5-13(20)15(6-12(10)19)29(25,26)27/h3-7H,8H2,1-2H3,(H2,25,26,27). The van der Waals surface area contributed by atoms with Crippen LogP contribution in [-0.2, 0) is 11.1 Å². The Bertz CT molecular complexity index is 1320. The first-order chi connectivity index (χ1) is 13.7. The predicted octanol–water partition coefficient (Wildman–Crippen LogP) is 2.43. The molecular weight excluding hydrogens is 405 g/mol. The van der Waals surface area contributed by atoms with E-state index in [1.54, 1.807) is 23.6 Å². The number of halogens is 2. The minimum absolute atomic E-state index is 0.0754. The summed E-state index contributed by atoms with van der Waals surface area (Å²) in [4.78, 5) is 31.3. The van der Waals surface area contributed by atoms with Crippen LogP contribution in [0.25, 0.3) is 22.1 Å². The van der Waals surface area contributed by atoms with Gasteiger partial charge in [-0.15, -0.1) is 0 Å². The number of aryl methyl sites for hydroxylation is 1. The van der Waals surface area contributed by atoms with E-state index < -0.39 is 24.5 Å². The van der Waals surface area contributed by atoms with Crippen LogP contribution >= 0.6 is 7.60 Å². The van der Waals surface area contributed by atoms with Gasteiger partial charge in [-0.3, -0.25) is 4.57 Å². The van der Waals surface area contributed by atoms with Crippen molar-refractivity contribution in [3.8, 4) is 5.88 Å². The number of methoxy groups -OCH3 is 1. The molecule has 0 aliphatic rings. The molecule has 4 aromatic rings. The van der Waals surface area contributed by atoms with Gasteiger partial charge in [-0.25, -0.2) is 18.7 Å². The Kier molecular flexibility index (Phi) is 4.57. The molecule has 0 aliphatic heterocycles. The number of benzene rings is 1. The van der Waals surface area contributed by atoms with Crippen LogP contribution < -0.4 is 10.0 Å². The second kappa shape index (κ2) is 6.84. The Morgan fingerprint density at radius 2 is 1.93 bits per heavy atom. The molecule has 0 unspecified atom stereocenters. The lowest BCUT2D eigenvalue weighted by atomic mass is 10.2. The fourth-order valence-corrected chi connectivity index (χ4v) is 3.82. The lowest BCUT2D eigenvalue weighted by Crippen LogP contribution is -2.14. The smallest absolute Gasteiger partial charge is 0.359 e. The van der Waals surface area contributed by atoms with Gasteiger partial charge < -0.3 is 19.1 Å². The Morgan fingerprint density at radius 1 is 1.17 bits per heavy atom. The monoisotopic (exact) mass is 420 g/mol. The summed E-state index contributed by atoms with van der Waals surface area (Å²) < 4.78 is 46.8. The second-order valence-electron chi connectivity index (χ2n) is 6.40. The quantitative estimate of drug-likeness (QED) is 0.488. The van der Waals surface area contributed by atoms with Crippen molar-refractivity contribution in [3.05, 3.63) is 53.5 Å². The van der Waals surface area contributed by atoms with Crippen LogP contribution in [0, 0.1) is 18.6 Å². The molecule has 8 nitrogen and oxygen atoms in total. The summed E-state index contributed by atoms with van der Waals surface area (Å²) in [5.41, 5.74) is 1.51. The van der Waals surface area contributed by atoms with E-state index in [-0.39, 0.29) is 12.1 Å². The maximum absolute atomic E-state index is 14.5. The Hall–Kier alpha value is -2.94. The summed E-state index contributed by atoms with van der Waals surface area (Å²) in [6.45, 7) is 1.61. The minimum Gasteiger partial charge on any atom is -0.481 e. The molecule has 0 atom stereocenters. The number of hydrogen-bond donors (Lipinski definition) is 2. The molecule has 0 saturated heterocycles. The van der Waals surface area contributed by atoms with Crippen LogP contribution in [0.1, 0.15) is 11.4 Å². The number of imidazole rings is 1. The number of nitrogens with zero attached hydrogens (tertiary/aromatic N) is 4. The number of fused-ring (bicyclic) bond motifs is 3. The Balaban J connectivity index is 1.89. The molecule has 4 rings (SSSR count). The van der Waals surface area contributed by atoms with Crippen molar-refractivity contribution in [3.63, 3.8) is 0 Å². The van der Waals surface area contributed by atoms with Crippen LogP contribution in [0.5, 0.6) is 5.88 Å². The molecule has 0 amide bonds. The number of hydrogen-bond acceptors (Lipinski definition) is 5. The zero-order chi connectivity index (χ0) is 20.9. The van der Waals surface area contributed by atoms with Gasteiger partial charge >= 0.3 is 7.60 Å². The zero-order valence-electron chi connectivity index (χ0n) is 15.3. The summed E-state index contributed by atoms with van der Waals surface area (Å²) in [7, 11) is -3.44. The van der Waals surface area contributed by atoms with E-state index in [2.05, 4.69) is 15.0 Å². The van der Waals surface area contributed by atoms with Crippen LogP contribution in [0.3, 0.4) is 0 Å². The molecule has 0 spiro atoms. The SMILES string of the molecule is COc1ccc2c(ncc3nc(C)n(Cc4cc(F)c(P(=O)(O)O)cc4F)c32)n1. The minimum atomic E-state index is -4.92. The van der Waals surface area contributed by atoms with E-state index in [0.29, 0.717) is 39.8 Å². The molecular formula is C18H15F2N4O4P. The average Bonchev–Trinajstić information content (AvgIpc) is 2.98. The molecule has 11 heteroatoms. The van der Waals surface area contributed by atoms with Crippen LogP contribution in [-0.4, -0.2) is 36.4 Å². The highest BCUT2D eigenvalue weighted by Crippen LogP contribution is 2.35. The highest BCUT2D eigenvalue weighted by atomic mass is 31.2. The first-order valence-electron chi connectivity index (χ1n) is 8.39.